The number of hydrogen-bond acceptors (Lipinski definition) is 7. The number of fused-ring (bicyclic) bond motifs is 3. The average Bonchev–Trinajstić information content (AvgIpc) is 3.50. The van der Waals surface area contributed by atoms with Crippen molar-refractivity contribution in [2.24, 2.45) is 0 Å². The molecule has 0 spiro atoms. The van der Waals surface area contributed by atoms with Crippen LogP contribution in [-0.2, 0) is 11.3 Å². The topological polar surface area (TPSA) is 96.8 Å². The van der Waals surface area contributed by atoms with Gasteiger partial charge in [0.15, 0.2) is 12.1 Å². The fraction of sp³-hybridized carbons (Fsp3) is 0.370. The summed E-state index contributed by atoms with van der Waals surface area (Å²) in [6, 6.07) is 9.14. The first kappa shape index (κ1) is 22.6. The van der Waals surface area contributed by atoms with Crippen LogP contribution in [0, 0.1) is 0 Å². The summed E-state index contributed by atoms with van der Waals surface area (Å²) < 4.78 is 7.59. The van der Waals surface area contributed by atoms with Gasteiger partial charge in [-0.1, -0.05) is 23.7 Å². The summed E-state index contributed by atoms with van der Waals surface area (Å²) in [5, 5.41) is 0.669. The number of benzene rings is 1. The van der Waals surface area contributed by atoms with Gasteiger partial charge in [0.1, 0.15) is 11.5 Å². The van der Waals surface area contributed by atoms with Crippen LogP contribution in [0.25, 0.3) is 17.0 Å². The Morgan fingerprint density at radius 1 is 1.08 bits per heavy atom. The van der Waals surface area contributed by atoms with Crippen molar-refractivity contribution in [2.75, 3.05) is 13.1 Å². The largest absolute Gasteiger partial charge is 0.447 e. The third-order valence-corrected chi connectivity index (χ3v) is 7.88. The lowest BCUT2D eigenvalue weighted by Crippen LogP contribution is -2.64. The molecule has 2 saturated heterocycles. The van der Waals surface area contributed by atoms with E-state index in [4.69, 9.17) is 21.0 Å². The molecule has 1 aromatic carbocycles. The molecular formula is C27H25ClN6O3. The summed E-state index contributed by atoms with van der Waals surface area (Å²) in [4.78, 5) is 44.0. The number of rotatable bonds is 5. The van der Waals surface area contributed by atoms with Gasteiger partial charge in [-0.15, -0.1) is 0 Å². The number of likely N-dealkylation sites (tertiary alicyclic amines) is 1. The van der Waals surface area contributed by atoms with E-state index in [1.807, 2.05) is 45.8 Å². The van der Waals surface area contributed by atoms with Crippen LogP contribution >= 0.6 is 11.6 Å². The highest BCUT2D eigenvalue weighted by molar-refractivity contribution is 6.30. The number of ketones is 1. The van der Waals surface area contributed by atoms with Gasteiger partial charge in [-0.05, 0) is 31.0 Å². The van der Waals surface area contributed by atoms with Crippen LogP contribution in [0.2, 0.25) is 5.02 Å². The SMILES string of the molecule is O=C1CC2CN(Cc3c(-c4ccc(Cl)cc4)nc4ncccn34)CC(C1)N2C(=O)c1ncoc1C1CC1. The van der Waals surface area contributed by atoms with E-state index < -0.39 is 0 Å². The summed E-state index contributed by atoms with van der Waals surface area (Å²) in [5.41, 5.74) is 3.25. The van der Waals surface area contributed by atoms with E-state index in [0.717, 1.165) is 29.8 Å². The van der Waals surface area contributed by atoms with Gasteiger partial charge < -0.3 is 9.32 Å². The fourth-order valence-corrected chi connectivity index (χ4v) is 5.98. The van der Waals surface area contributed by atoms with Gasteiger partial charge in [0.25, 0.3) is 5.91 Å². The molecule has 37 heavy (non-hydrogen) atoms. The summed E-state index contributed by atoms with van der Waals surface area (Å²) in [5.74, 6) is 1.72. The second-order valence-corrected chi connectivity index (χ2v) is 10.6. The highest BCUT2D eigenvalue weighted by atomic mass is 35.5. The highest BCUT2D eigenvalue weighted by Crippen LogP contribution is 2.42. The van der Waals surface area contributed by atoms with E-state index in [-0.39, 0.29) is 23.8 Å². The highest BCUT2D eigenvalue weighted by Gasteiger charge is 2.45. The van der Waals surface area contributed by atoms with Crippen molar-refractivity contribution < 1.29 is 14.0 Å². The van der Waals surface area contributed by atoms with Gasteiger partial charge in [0.05, 0.1) is 23.5 Å². The second kappa shape index (κ2) is 8.78. The van der Waals surface area contributed by atoms with E-state index in [9.17, 15) is 9.59 Å². The molecule has 5 heterocycles. The van der Waals surface area contributed by atoms with Gasteiger partial charge in [-0.2, -0.15) is 0 Å². The van der Waals surface area contributed by atoms with Crippen molar-refractivity contribution >= 4 is 29.1 Å². The van der Waals surface area contributed by atoms with Gasteiger partial charge >= 0.3 is 0 Å². The number of carbonyl (C=O) groups excluding carboxylic acids is 2. The van der Waals surface area contributed by atoms with Crippen molar-refractivity contribution in [3.8, 4) is 11.3 Å². The number of imidazole rings is 1. The molecule has 0 N–H and O–H groups in total. The van der Waals surface area contributed by atoms with E-state index in [2.05, 4.69) is 14.9 Å². The maximum absolute atomic E-state index is 13.6. The first-order chi connectivity index (χ1) is 18.0. The number of oxazole rings is 1. The smallest absolute Gasteiger partial charge is 0.276 e. The molecule has 188 valence electrons. The van der Waals surface area contributed by atoms with E-state index in [0.29, 0.717) is 60.6 Å². The van der Waals surface area contributed by atoms with Gasteiger partial charge in [-0.3, -0.25) is 18.9 Å². The number of piperazine rings is 1. The minimum absolute atomic E-state index is 0.112. The normalized spacial score (nSPS) is 22.1. The van der Waals surface area contributed by atoms with Crippen LogP contribution < -0.4 is 0 Å². The molecule has 1 amide bonds. The Kier molecular flexibility index (Phi) is 5.37. The molecule has 3 aliphatic rings. The third kappa shape index (κ3) is 4.02. The van der Waals surface area contributed by atoms with Crippen LogP contribution in [0.3, 0.4) is 0 Å². The van der Waals surface area contributed by atoms with Gasteiger partial charge in [0, 0.05) is 61.4 Å². The molecule has 2 atom stereocenters. The van der Waals surface area contributed by atoms with E-state index in [1.165, 1.54) is 6.39 Å². The number of halogens is 1. The van der Waals surface area contributed by atoms with Crippen molar-refractivity contribution in [3.05, 3.63) is 71.3 Å². The number of nitrogens with zero attached hydrogens (tertiary/aromatic N) is 6. The quantitative estimate of drug-likeness (QED) is 0.396. The molecule has 1 saturated carbocycles. The average molecular weight is 517 g/mol. The number of carbonyl (C=O) groups is 2. The van der Waals surface area contributed by atoms with Gasteiger partial charge in [-0.25, -0.2) is 15.0 Å². The molecule has 2 aliphatic heterocycles. The van der Waals surface area contributed by atoms with Crippen molar-refractivity contribution in [3.63, 3.8) is 0 Å². The molecule has 3 fully saturated rings. The van der Waals surface area contributed by atoms with Gasteiger partial charge in [0.2, 0.25) is 5.78 Å². The first-order valence-corrected chi connectivity index (χ1v) is 13.0. The summed E-state index contributed by atoms with van der Waals surface area (Å²) in [6.45, 7) is 1.81. The molecule has 2 bridgehead atoms. The maximum atomic E-state index is 13.6. The Bertz CT molecular complexity index is 1490. The monoisotopic (exact) mass is 516 g/mol. The zero-order valence-electron chi connectivity index (χ0n) is 20.1. The molecule has 7 rings (SSSR count). The summed E-state index contributed by atoms with van der Waals surface area (Å²) >= 11 is 6.13. The molecule has 10 heteroatoms. The number of aromatic nitrogens is 4. The Morgan fingerprint density at radius 2 is 1.84 bits per heavy atom. The second-order valence-electron chi connectivity index (χ2n) is 10.2. The molecule has 4 aromatic rings. The number of Topliss-reactive ketones (excluding diaryl/α,β-unsaturated/α-hetero) is 1. The van der Waals surface area contributed by atoms with E-state index >= 15 is 0 Å². The lowest BCUT2D eigenvalue weighted by Gasteiger charge is -2.49. The molecule has 1 aliphatic carbocycles. The molecule has 9 nitrogen and oxygen atoms in total. The zero-order chi connectivity index (χ0) is 25.1. The van der Waals surface area contributed by atoms with Crippen LogP contribution in [0.4, 0.5) is 0 Å². The van der Waals surface area contributed by atoms with Crippen molar-refractivity contribution in [1.29, 1.82) is 0 Å². The Balaban J connectivity index is 1.19. The molecule has 0 radical (unpaired) electrons. The predicted molar refractivity (Wildman–Crippen MR) is 135 cm³/mol. The predicted octanol–water partition coefficient (Wildman–Crippen LogP) is 3.97. The number of amides is 1. The molecule has 3 aromatic heterocycles. The van der Waals surface area contributed by atoms with Crippen LogP contribution in [0.1, 0.15) is 53.5 Å². The number of hydrogen-bond donors (Lipinski definition) is 0. The lowest BCUT2D eigenvalue weighted by molar-refractivity contribution is -0.127. The standard InChI is InChI=1S/C27H25ClN6O3/c28-18-6-4-16(5-7-18)23-22(33-9-1-8-29-27(33)31-23)14-32-12-19-10-21(35)11-20(13-32)34(19)26(36)24-25(17-2-3-17)37-15-30-24/h1,4-9,15,17,19-20H,2-3,10-14H2. The Morgan fingerprint density at radius 3 is 2.57 bits per heavy atom. The number of piperidine rings is 1. The summed E-state index contributed by atoms with van der Waals surface area (Å²) in [7, 11) is 0. The van der Waals surface area contributed by atoms with Crippen LogP contribution in [0.15, 0.2) is 53.5 Å². The maximum Gasteiger partial charge on any atom is 0.276 e. The van der Waals surface area contributed by atoms with E-state index in [1.54, 1.807) is 6.20 Å². The Labute approximate surface area is 218 Å². The molecular weight excluding hydrogens is 492 g/mol. The van der Waals surface area contributed by atoms with Crippen molar-refractivity contribution in [2.45, 2.75) is 50.2 Å². The third-order valence-electron chi connectivity index (χ3n) is 7.63. The first-order valence-electron chi connectivity index (χ1n) is 12.6. The Hall–Kier alpha value is -3.56. The lowest BCUT2D eigenvalue weighted by atomic mass is 9.89. The molecule has 2 unspecified atom stereocenters. The fourth-order valence-electron chi connectivity index (χ4n) is 5.85. The van der Waals surface area contributed by atoms with Crippen LogP contribution in [0.5, 0.6) is 0 Å². The minimum atomic E-state index is -0.201. The zero-order valence-corrected chi connectivity index (χ0v) is 20.8. The summed E-state index contributed by atoms with van der Waals surface area (Å²) in [6.07, 6.45) is 7.84. The minimum Gasteiger partial charge on any atom is -0.447 e. The van der Waals surface area contributed by atoms with Crippen molar-refractivity contribution in [1.82, 2.24) is 29.2 Å². The van der Waals surface area contributed by atoms with Crippen LogP contribution in [-0.4, -0.2) is 66.0 Å².